The zero-order chi connectivity index (χ0) is 23.3. The van der Waals surface area contributed by atoms with Gasteiger partial charge in [0.15, 0.2) is 11.6 Å². The summed E-state index contributed by atoms with van der Waals surface area (Å²) < 4.78 is 16.2. The van der Waals surface area contributed by atoms with E-state index in [2.05, 4.69) is 15.9 Å². The van der Waals surface area contributed by atoms with Crippen molar-refractivity contribution in [2.45, 2.75) is 37.7 Å². The van der Waals surface area contributed by atoms with Crippen LogP contribution >= 0.6 is 15.9 Å². The number of hydrogen-bond acceptors (Lipinski definition) is 8. The second-order valence-electron chi connectivity index (χ2n) is 7.66. The number of aliphatic hydroxyl groups is 2. The van der Waals surface area contributed by atoms with E-state index in [1.807, 2.05) is 6.07 Å². The molecule has 2 aliphatic rings. The fourth-order valence-electron chi connectivity index (χ4n) is 3.69. The summed E-state index contributed by atoms with van der Waals surface area (Å²) in [5, 5.41) is 19.7. The number of halogens is 1. The maximum absolute atomic E-state index is 13.2. The van der Waals surface area contributed by atoms with Crippen LogP contribution in [0.5, 0.6) is 0 Å². The van der Waals surface area contributed by atoms with Crippen LogP contribution in [0.4, 0.5) is 4.79 Å². The Balaban J connectivity index is 1.74. The van der Waals surface area contributed by atoms with Crippen LogP contribution in [0.3, 0.4) is 0 Å². The van der Waals surface area contributed by atoms with E-state index in [1.165, 1.54) is 13.0 Å². The molecule has 0 saturated carbocycles. The van der Waals surface area contributed by atoms with Crippen LogP contribution < -0.4 is 0 Å². The van der Waals surface area contributed by atoms with Gasteiger partial charge in [-0.05, 0) is 34.0 Å². The molecular formula is C22H26BrNO8. The van der Waals surface area contributed by atoms with Gasteiger partial charge in [0.2, 0.25) is 5.91 Å². The Morgan fingerprint density at radius 2 is 2.03 bits per heavy atom. The molecule has 2 N–H and O–H groups in total. The van der Waals surface area contributed by atoms with Crippen molar-refractivity contribution in [1.29, 1.82) is 0 Å². The normalized spacial score (nSPS) is 26.6. The largest absolute Gasteiger partial charge is 0.446 e. The van der Waals surface area contributed by atoms with Gasteiger partial charge in [0.05, 0.1) is 23.6 Å². The fourth-order valence-corrected chi connectivity index (χ4v) is 4.20. The maximum Gasteiger partial charge on any atom is 0.417 e. The first kappa shape index (κ1) is 24.5. The molecule has 9 nitrogen and oxygen atoms in total. The van der Waals surface area contributed by atoms with Crippen molar-refractivity contribution in [3.05, 3.63) is 46.5 Å². The molecule has 2 amide bonds. The number of hydrogen-bond donors (Lipinski definition) is 2. The molecule has 2 heterocycles. The summed E-state index contributed by atoms with van der Waals surface area (Å²) >= 11 is 3.18. The van der Waals surface area contributed by atoms with Crippen LogP contribution in [0, 0.1) is 5.92 Å². The fraction of sp³-hybridized carbons (Fsp3) is 0.500. The van der Waals surface area contributed by atoms with Gasteiger partial charge in [-0.1, -0.05) is 37.3 Å². The Morgan fingerprint density at radius 3 is 2.72 bits per heavy atom. The first-order valence-corrected chi connectivity index (χ1v) is 11.1. The zero-order valence-corrected chi connectivity index (χ0v) is 19.2. The lowest BCUT2D eigenvalue weighted by atomic mass is 9.93. The van der Waals surface area contributed by atoms with Crippen molar-refractivity contribution >= 4 is 33.7 Å². The van der Waals surface area contributed by atoms with Crippen molar-refractivity contribution in [3.63, 3.8) is 0 Å². The Labute approximate surface area is 194 Å². The van der Waals surface area contributed by atoms with Crippen LogP contribution in [-0.4, -0.2) is 71.2 Å². The van der Waals surface area contributed by atoms with Gasteiger partial charge in [-0.25, -0.2) is 9.69 Å². The summed E-state index contributed by atoms with van der Waals surface area (Å²) in [4.78, 5) is 39.2. The lowest BCUT2D eigenvalue weighted by molar-refractivity contribution is -0.217. The molecule has 0 radical (unpaired) electrons. The van der Waals surface area contributed by atoms with Gasteiger partial charge in [-0.2, -0.15) is 0 Å². The third kappa shape index (κ3) is 5.26. The van der Waals surface area contributed by atoms with Crippen LogP contribution in [0.2, 0.25) is 0 Å². The van der Waals surface area contributed by atoms with Gasteiger partial charge >= 0.3 is 6.09 Å². The van der Waals surface area contributed by atoms with E-state index in [-0.39, 0.29) is 37.3 Å². The Kier molecular flexibility index (Phi) is 8.18. The van der Waals surface area contributed by atoms with Crippen molar-refractivity contribution < 1.29 is 38.8 Å². The lowest BCUT2D eigenvalue weighted by Gasteiger charge is -2.37. The molecule has 3 rings (SSSR count). The second-order valence-corrected chi connectivity index (χ2v) is 8.51. The Hall–Kier alpha value is -2.11. The molecule has 1 aromatic rings. The smallest absolute Gasteiger partial charge is 0.417 e. The Morgan fingerprint density at radius 1 is 1.31 bits per heavy atom. The predicted octanol–water partition coefficient (Wildman–Crippen LogP) is 2.07. The standard InChI is InChI=1S/C22H26BrNO8/c1-14(20(27)24-16(13-31-21(24)28)15-6-3-2-4-7-15)19-17(26)12-18(23)22(29,32-19)8-5-10-30-11-9-25/h2-4,6-7,12,14,16,19,25,29H,5,8-11,13H2,1H3/t14-,16+,19-,22+/m1/s1. The van der Waals surface area contributed by atoms with E-state index in [4.69, 9.17) is 19.3 Å². The monoisotopic (exact) mass is 511 g/mol. The van der Waals surface area contributed by atoms with Crippen LogP contribution in [0.1, 0.15) is 31.4 Å². The van der Waals surface area contributed by atoms with E-state index in [0.29, 0.717) is 6.42 Å². The highest BCUT2D eigenvalue weighted by Gasteiger charge is 2.48. The number of ether oxygens (including phenoxy) is 3. The molecule has 32 heavy (non-hydrogen) atoms. The number of ketones is 1. The summed E-state index contributed by atoms with van der Waals surface area (Å²) in [7, 11) is 0. The summed E-state index contributed by atoms with van der Waals surface area (Å²) in [5.74, 6) is -3.99. The number of aliphatic hydroxyl groups excluding tert-OH is 1. The maximum atomic E-state index is 13.2. The van der Waals surface area contributed by atoms with E-state index < -0.39 is 41.6 Å². The minimum absolute atomic E-state index is 0.0179. The molecule has 4 atom stereocenters. The molecule has 0 spiro atoms. The quantitative estimate of drug-likeness (QED) is 0.483. The average molecular weight is 512 g/mol. The van der Waals surface area contributed by atoms with Crippen LogP contribution in [-0.2, 0) is 23.8 Å². The van der Waals surface area contributed by atoms with Crippen molar-refractivity contribution in [2.24, 2.45) is 5.92 Å². The summed E-state index contributed by atoms with van der Waals surface area (Å²) in [6, 6.07) is 8.39. The predicted molar refractivity (Wildman–Crippen MR) is 116 cm³/mol. The minimum Gasteiger partial charge on any atom is -0.446 e. The van der Waals surface area contributed by atoms with Gasteiger partial charge < -0.3 is 24.4 Å². The summed E-state index contributed by atoms with van der Waals surface area (Å²) in [6.45, 7) is 1.85. The number of rotatable bonds is 9. The first-order chi connectivity index (χ1) is 15.3. The number of carbonyl (C=O) groups is 3. The molecule has 174 valence electrons. The Bertz CT molecular complexity index is 876. The van der Waals surface area contributed by atoms with Gasteiger partial charge in [-0.15, -0.1) is 0 Å². The van der Waals surface area contributed by atoms with Gasteiger partial charge in [0.1, 0.15) is 18.8 Å². The second kappa shape index (κ2) is 10.7. The van der Waals surface area contributed by atoms with Crippen LogP contribution in [0.25, 0.3) is 0 Å². The average Bonchev–Trinajstić information content (AvgIpc) is 3.17. The highest BCUT2D eigenvalue weighted by molar-refractivity contribution is 9.11. The third-order valence-electron chi connectivity index (χ3n) is 5.42. The molecule has 10 heteroatoms. The number of nitrogens with zero attached hydrogens (tertiary/aromatic N) is 1. The molecule has 0 aliphatic carbocycles. The topological polar surface area (TPSA) is 123 Å². The van der Waals surface area contributed by atoms with E-state index >= 15 is 0 Å². The molecule has 0 aromatic heterocycles. The SMILES string of the molecule is C[C@@H](C(=O)N1C(=O)OC[C@H]1c1ccccc1)[C@H]1O[C@@](O)(CCCOCCO)C(Br)=CC1=O. The van der Waals surface area contributed by atoms with Gasteiger partial charge in [0, 0.05) is 13.0 Å². The molecular weight excluding hydrogens is 486 g/mol. The van der Waals surface area contributed by atoms with E-state index in [0.717, 1.165) is 10.5 Å². The minimum atomic E-state index is -1.82. The highest BCUT2D eigenvalue weighted by atomic mass is 79.9. The molecule has 0 unspecified atom stereocenters. The molecule has 1 aromatic carbocycles. The highest BCUT2D eigenvalue weighted by Crippen LogP contribution is 2.37. The van der Waals surface area contributed by atoms with Crippen LogP contribution in [0.15, 0.2) is 40.9 Å². The third-order valence-corrected chi connectivity index (χ3v) is 6.27. The molecule has 2 aliphatic heterocycles. The number of cyclic esters (lactones) is 1. The summed E-state index contributed by atoms with van der Waals surface area (Å²) in [5.41, 5.74) is 0.733. The molecule has 0 bridgehead atoms. The molecule has 1 fully saturated rings. The van der Waals surface area contributed by atoms with E-state index in [9.17, 15) is 19.5 Å². The number of imide groups is 1. The number of amides is 2. The van der Waals surface area contributed by atoms with Gasteiger partial charge in [-0.3, -0.25) is 9.59 Å². The van der Waals surface area contributed by atoms with Crippen molar-refractivity contribution in [2.75, 3.05) is 26.4 Å². The lowest BCUT2D eigenvalue weighted by Crippen LogP contribution is -2.51. The molecule has 1 saturated heterocycles. The van der Waals surface area contributed by atoms with E-state index in [1.54, 1.807) is 24.3 Å². The van der Waals surface area contributed by atoms with Gasteiger partial charge in [0.25, 0.3) is 0 Å². The number of benzene rings is 1. The number of carbonyl (C=O) groups excluding carboxylic acids is 3. The van der Waals surface area contributed by atoms with Crippen molar-refractivity contribution in [3.8, 4) is 0 Å². The summed E-state index contributed by atoms with van der Waals surface area (Å²) in [6.07, 6.45) is -0.386. The zero-order valence-electron chi connectivity index (χ0n) is 17.6. The van der Waals surface area contributed by atoms with Crippen molar-refractivity contribution in [1.82, 2.24) is 4.90 Å². The first-order valence-electron chi connectivity index (χ1n) is 10.3.